The van der Waals surface area contributed by atoms with Crippen LogP contribution >= 0.6 is 0 Å². The van der Waals surface area contributed by atoms with Gasteiger partial charge in [0.15, 0.2) is 0 Å². The molecule has 1 fully saturated rings. The average molecular weight is 600 g/mol. The van der Waals surface area contributed by atoms with Gasteiger partial charge in [-0.25, -0.2) is 0 Å². The first-order chi connectivity index (χ1) is 20.8. The van der Waals surface area contributed by atoms with Gasteiger partial charge in [-0.1, -0.05) is 78.4 Å². The van der Waals surface area contributed by atoms with Gasteiger partial charge >= 0.3 is 0 Å². The Labute approximate surface area is 260 Å². The molecule has 3 amide bonds. The Morgan fingerprint density at radius 2 is 1.52 bits per heavy atom. The summed E-state index contributed by atoms with van der Waals surface area (Å²) in [4.78, 5) is 46.7. The highest BCUT2D eigenvalue weighted by atomic mass is 16.5. The maximum atomic E-state index is 14.5. The molecule has 2 atom stereocenters. The standard InChI is InChI=1S/C35H45N5O4/c1-25(24-35(2,3)36)21-31(41)37(4)30(23-26-15-16-27-11-9-10-14-29(27)22-26)33(42)38(5)32(28-12-7-6-8-13-28)34(43)39-17-19-40(44)20-18-39/h6-16,21-22,30,32,44H,17-20,23-24,36H2,1-5H3/b25-21+/t30-,32?/m1/s1. The van der Waals surface area contributed by atoms with Crippen molar-refractivity contribution in [2.24, 2.45) is 5.73 Å². The zero-order valence-corrected chi connectivity index (χ0v) is 26.4. The van der Waals surface area contributed by atoms with E-state index in [0.29, 0.717) is 38.2 Å². The molecular formula is C35H45N5O4. The van der Waals surface area contributed by atoms with Gasteiger partial charge in [0.2, 0.25) is 17.7 Å². The van der Waals surface area contributed by atoms with Crippen LogP contribution in [0.2, 0.25) is 0 Å². The lowest BCUT2D eigenvalue weighted by atomic mass is 9.96. The summed E-state index contributed by atoms with van der Waals surface area (Å²) in [5.41, 5.74) is 8.11. The van der Waals surface area contributed by atoms with Crippen LogP contribution in [0.1, 0.15) is 44.4 Å². The average Bonchev–Trinajstić information content (AvgIpc) is 2.99. The highest BCUT2D eigenvalue weighted by Crippen LogP contribution is 2.26. The molecule has 3 aromatic rings. The van der Waals surface area contributed by atoms with Crippen LogP contribution in [0.5, 0.6) is 0 Å². The van der Waals surface area contributed by atoms with Crippen molar-refractivity contribution in [3.8, 4) is 0 Å². The summed E-state index contributed by atoms with van der Waals surface area (Å²) in [6.45, 7) is 7.03. The molecule has 1 aliphatic rings. The second-order valence-electron chi connectivity index (χ2n) is 12.5. The van der Waals surface area contributed by atoms with Crippen LogP contribution < -0.4 is 5.73 Å². The van der Waals surface area contributed by atoms with Gasteiger partial charge in [-0.05, 0) is 49.1 Å². The van der Waals surface area contributed by atoms with E-state index in [4.69, 9.17) is 5.73 Å². The summed E-state index contributed by atoms with van der Waals surface area (Å²) in [5.74, 6) is -0.873. The van der Waals surface area contributed by atoms with Gasteiger partial charge in [-0.3, -0.25) is 14.4 Å². The Balaban J connectivity index is 1.69. The number of benzene rings is 3. The number of hydrogen-bond acceptors (Lipinski definition) is 6. The summed E-state index contributed by atoms with van der Waals surface area (Å²) >= 11 is 0. The van der Waals surface area contributed by atoms with Gasteiger partial charge in [0.1, 0.15) is 12.1 Å². The third-order valence-corrected chi connectivity index (χ3v) is 8.10. The van der Waals surface area contributed by atoms with Gasteiger partial charge in [0.05, 0.1) is 0 Å². The largest absolute Gasteiger partial charge is 0.338 e. The van der Waals surface area contributed by atoms with E-state index in [0.717, 1.165) is 21.9 Å². The number of likely N-dealkylation sites (N-methyl/N-ethyl adjacent to an activating group) is 2. The molecule has 0 bridgehead atoms. The Kier molecular flexibility index (Phi) is 10.6. The van der Waals surface area contributed by atoms with Crippen LogP contribution in [0.15, 0.2) is 84.4 Å². The maximum absolute atomic E-state index is 14.5. The number of hydroxylamine groups is 2. The van der Waals surface area contributed by atoms with E-state index in [1.807, 2.05) is 93.6 Å². The van der Waals surface area contributed by atoms with E-state index in [2.05, 4.69) is 0 Å². The Hall–Kier alpha value is -4.05. The molecule has 1 aliphatic heterocycles. The highest BCUT2D eigenvalue weighted by Gasteiger charge is 2.38. The van der Waals surface area contributed by atoms with E-state index >= 15 is 0 Å². The van der Waals surface area contributed by atoms with Crippen molar-refractivity contribution >= 4 is 28.5 Å². The van der Waals surface area contributed by atoms with Crippen molar-refractivity contribution in [3.63, 3.8) is 0 Å². The summed E-state index contributed by atoms with van der Waals surface area (Å²) in [7, 11) is 3.26. The highest BCUT2D eigenvalue weighted by molar-refractivity contribution is 5.95. The van der Waals surface area contributed by atoms with Crippen molar-refractivity contribution in [1.29, 1.82) is 0 Å². The first-order valence-electron chi connectivity index (χ1n) is 15.1. The predicted molar refractivity (Wildman–Crippen MR) is 173 cm³/mol. The molecule has 1 unspecified atom stereocenters. The molecule has 9 heteroatoms. The summed E-state index contributed by atoms with van der Waals surface area (Å²) in [6, 6.07) is 21.5. The van der Waals surface area contributed by atoms with E-state index in [1.165, 1.54) is 14.9 Å². The summed E-state index contributed by atoms with van der Waals surface area (Å²) in [5, 5.41) is 13.2. The molecule has 0 aromatic heterocycles. The van der Waals surface area contributed by atoms with E-state index < -0.39 is 17.6 Å². The second-order valence-corrected chi connectivity index (χ2v) is 12.5. The van der Waals surface area contributed by atoms with Crippen LogP contribution in [0.25, 0.3) is 10.8 Å². The summed E-state index contributed by atoms with van der Waals surface area (Å²) in [6.07, 6.45) is 2.34. The molecule has 0 radical (unpaired) electrons. The van der Waals surface area contributed by atoms with Crippen molar-refractivity contribution < 1.29 is 19.6 Å². The van der Waals surface area contributed by atoms with Crippen molar-refractivity contribution in [1.82, 2.24) is 19.8 Å². The van der Waals surface area contributed by atoms with Gasteiger partial charge in [0, 0.05) is 58.3 Å². The van der Waals surface area contributed by atoms with Gasteiger partial charge in [0.25, 0.3) is 0 Å². The maximum Gasteiger partial charge on any atom is 0.250 e. The topological polar surface area (TPSA) is 110 Å². The zero-order valence-electron chi connectivity index (χ0n) is 26.4. The first-order valence-corrected chi connectivity index (χ1v) is 15.1. The smallest absolute Gasteiger partial charge is 0.250 e. The minimum Gasteiger partial charge on any atom is -0.338 e. The molecule has 3 N–H and O–H groups in total. The van der Waals surface area contributed by atoms with Crippen LogP contribution in [-0.2, 0) is 20.8 Å². The second kappa shape index (κ2) is 14.2. The fourth-order valence-electron chi connectivity index (χ4n) is 5.83. The number of hydrogen-bond donors (Lipinski definition) is 2. The number of amides is 3. The fourth-order valence-corrected chi connectivity index (χ4v) is 5.83. The normalized spacial score (nSPS) is 16.0. The van der Waals surface area contributed by atoms with Crippen molar-refractivity contribution in [2.45, 2.75) is 51.2 Å². The molecule has 44 heavy (non-hydrogen) atoms. The fraction of sp³-hybridized carbons (Fsp3) is 0.400. The van der Waals surface area contributed by atoms with Crippen LogP contribution in [0, 0.1) is 0 Å². The van der Waals surface area contributed by atoms with Gasteiger partial charge in [-0.2, -0.15) is 5.06 Å². The molecule has 1 heterocycles. The Morgan fingerprint density at radius 1 is 0.909 bits per heavy atom. The number of carbonyl (C=O) groups is 3. The molecular weight excluding hydrogens is 554 g/mol. The lowest BCUT2D eigenvalue weighted by molar-refractivity contribution is -0.156. The van der Waals surface area contributed by atoms with E-state index in [9.17, 15) is 19.6 Å². The minimum absolute atomic E-state index is 0.223. The molecule has 4 rings (SSSR count). The lowest BCUT2D eigenvalue weighted by Gasteiger charge is -2.38. The molecule has 9 nitrogen and oxygen atoms in total. The van der Waals surface area contributed by atoms with Crippen LogP contribution in [0.3, 0.4) is 0 Å². The molecule has 1 saturated heterocycles. The molecule has 234 valence electrons. The van der Waals surface area contributed by atoms with Crippen LogP contribution in [0.4, 0.5) is 0 Å². The first kappa shape index (κ1) is 32.9. The lowest BCUT2D eigenvalue weighted by Crippen LogP contribution is -2.54. The molecule has 0 aliphatic carbocycles. The monoisotopic (exact) mass is 599 g/mol. The number of nitrogens with zero attached hydrogens (tertiary/aromatic N) is 4. The molecule has 3 aromatic carbocycles. The summed E-state index contributed by atoms with van der Waals surface area (Å²) < 4.78 is 0. The Morgan fingerprint density at radius 3 is 2.16 bits per heavy atom. The Bertz CT molecular complexity index is 1490. The van der Waals surface area contributed by atoms with Gasteiger partial charge < -0.3 is 25.6 Å². The molecule has 0 saturated carbocycles. The van der Waals surface area contributed by atoms with Crippen LogP contribution in [-0.4, -0.2) is 94.5 Å². The van der Waals surface area contributed by atoms with Crippen molar-refractivity contribution in [2.75, 3.05) is 40.3 Å². The third kappa shape index (κ3) is 8.31. The van der Waals surface area contributed by atoms with E-state index in [-0.39, 0.29) is 24.1 Å². The van der Waals surface area contributed by atoms with E-state index in [1.54, 1.807) is 25.1 Å². The zero-order chi connectivity index (χ0) is 32.0. The number of rotatable bonds is 10. The SMILES string of the molecule is C/C(=C\C(=O)N(C)[C@H](Cc1ccc2ccccc2c1)C(=O)N(C)C(C(=O)N1CCN(O)CC1)c1ccccc1)CC(C)(C)N. The number of fused-ring (bicyclic) bond motifs is 1. The number of nitrogens with two attached hydrogens (primary N) is 1. The van der Waals surface area contributed by atoms with Gasteiger partial charge in [-0.15, -0.1) is 0 Å². The number of piperazine rings is 1. The van der Waals surface area contributed by atoms with Crippen molar-refractivity contribution in [3.05, 3.63) is 95.6 Å². The quantitative estimate of drug-likeness (QED) is 0.341. The predicted octanol–water partition coefficient (Wildman–Crippen LogP) is 4.02. The third-order valence-electron chi connectivity index (χ3n) is 8.10. The minimum atomic E-state index is -0.896. The number of carbonyl (C=O) groups excluding carboxylic acids is 3. The molecule has 0 spiro atoms.